The third-order valence-electron chi connectivity index (χ3n) is 3.17. The maximum Gasteiger partial charge on any atom is 0.136 e. The lowest BCUT2D eigenvalue weighted by Gasteiger charge is -2.25. The number of alkyl halides is 1. The molecule has 0 spiro atoms. The fourth-order valence-electron chi connectivity index (χ4n) is 1.86. The van der Waals surface area contributed by atoms with E-state index in [1.54, 1.807) is 7.11 Å². The first-order valence-electron chi connectivity index (χ1n) is 5.89. The van der Waals surface area contributed by atoms with Gasteiger partial charge in [0.15, 0.2) is 0 Å². The largest absolute Gasteiger partial charge is 0.497 e. The van der Waals surface area contributed by atoms with Gasteiger partial charge < -0.3 is 9.64 Å². The molecular weight excluding hydrogens is 292 g/mol. The fourth-order valence-corrected chi connectivity index (χ4v) is 2.29. The second-order valence-corrected chi connectivity index (χ2v) is 4.98. The molecule has 1 unspecified atom stereocenters. The maximum atomic E-state index is 5.25. The molecule has 2 aromatic rings. The van der Waals surface area contributed by atoms with Crippen LogP contribution in [0.4, 0.5) is 5.82 Å². The standard InChI is InChI=1S/C14H17BrN2O/c1-10(9-15)17(2)14-13-5-4-12(18-3)8-11(13)6-7-16-14/h4-8,10H,9H2,1-3H3. The van der Waals surface area contributed by atoms with Gasteiger partial charge in [0, 0.05) is 30.0 Å². The number of benzene rings is 1. The van der Waals surface area contributed by atoms with Crippen molar-refractivity contribution in [2.45, 2.75) is 13.0 Å². The van der Waals surface area contributed by atoms with E-state index in [4.69, 9.17) is 4.74 Å². The molecule has 18 heavy (non-hydrogen) atoms. The Balaban J connectivity index is 2.51. The number of fused-ring (bicyclic) bond motifs is 1. The highest BCUT2D eigenvalue weighted by Crippen LogP contribution is 2.28. The number of methoxy groups -OCH3 is 1. The van der Waals surface area contributed by atoms with E-state index in [9.17, 15) is 0 Å². The lowest BCUT2D eigenvalue weighted by Crippen LogP contribution is -2.30. The Bertz CT molecular complexity index is 544. The van der Waals surface area contributed by atoms with E-state index in [1.165, 1.54) is 0 Å². The number of anilines is 1. The van der Waals surface area contributed by atoms with Crippen LogP contribution < -0.4 is 9.64 Å². The third kappa shape index (κ3) is 2.43. The number of pyridine rings is 1. The molecule has 4 heteroatoms. The monoisotopic (exact) mass is 308 g/mol. The van der Waals surface area contributed by atoms with E-state index < -0.39 is 0 Å². The molecule has 1 aromatic heterocycles. The topological polar surface area (TPSA) is 25.4 Å². The number of rotatable bonds is 4. The number of halogens is 1. The molecule has 0 aliphatic heterocycles. The average Bonchev–Trinajstić information content (AvgIpc) is 2.44. The van der Waals surface area contributed by atoms with Crippen LogP contribution >= 0.6 is 15.9 Å². The van der Waals surface area contributed by atoms with Crippen molar-refractivity contribution in [3.05, 3.63) is 30.5 Å². The molecule has 0 radical (unpaired) electrons. The molecule has 0 saturated heterocycles. The van der Waals surface area contributed by atoms with E-state index >= 15 is 0 Å². The smallest absolute Gasteiger partial charge is 0.136 e. The quantitative estimate of drug-likeness (QED) is 0.809. The molecule has 1 heterocycles. The summed E-state index contributed by atoms with van der Waals surface area (Å²) < 4.78 is 5.25. The molecule has 0 amide bonds. The summed E-state index contributed by atoms with van der Waals surface area (Å²) in [5, 5.41) is 3.21. The predicted molar refractivity (Wildman–Crippen MR) is 80.0 cm³/mol. The van der Waals surface area contributed by atoms with Gasteiger partial charge in [-0.2, -0.15) is 0 Å². The van der Waals surface area contributed by atoms with Gasteiger partial charge in [0.25, 0.3) is 0 Å². The molecule has 96 valence electrons. The predicted octanol–water partition coefficient (Wildman–Crippen LogP) is 3.46. The van der Waals surface area contributed by atoms with E-state index in [1.807, 2.05) is 24.4 Å². The molecule has 1 aromatic carbocycles. The van der Waals surface area contributed by atoms with Crippen molar-refractivity contribution < 1.29 is 4.74 Å². The SMILES string of the molecule is COc1ccc2c(N(C)C(C)CBr)nccc2c1. The average molecular weight is 309 g/mol. The highest BCUT2D eigenvalue weighted by molar-refractivity contribution is 9.09. The van der Waals surface area contributed by atoms with E-state index in [2.05, 4.69) is 45.9 Å². The van der Waals surface area contributed by atoms with Crippen LogP contribution in [0.2, 0.25) is 0 Å². The van der Waals surface area contributed by atoms with Crippen molar-refractivity contribution in [3.8, 4) is 5.75 Å². The number of ether oxygens (including phenoxy) is 1. The van der Waals surface area contributed by atoms with Gasteiger partial charge >= 0.3 is 0 Å². The van der Waals surface area contributed by atoms with Gasteiger partial charge in [-0.05, 0) is 36.6 Å². The van der Waals surface area contributed by atoms with Crippen LogP contribution in [0.1, 0.15) is 6.92 Å². The van der Waals surface area contributed by atoms with Crippen LogP contribution in [-0.2, 0) is 0 Å². The second-order valence-electron chi connectivity index (χ2n) is 4.34. The summed E-state index contributed by atoms with van der Waals surface area (Å²) in [5.41, 5.74) is 0. The lowest BCUT2D eigenvalue weighted by molar-refractivity contribution is 0.415. The van der Waals surface area contributed by atoms with Crippen LogP contribution in [0.15, 0.2) is 30.5 Å². The molecule has 1 atom stereocenters. The van der Waals surface area contributed by atoms with E-state index in [0.717, 1.165) is 27.7 Å². The minimum atomic E-state index is 0.394. The summed E-state index contributed by atoms with van der Waals surface area (Å²) in [5.74, 6) is 1.87. The summed E-state index contributed by atoms with van der Waals surface area (Å²) in [7, 11) is 3.75. The summed E-state index contributed by atoms with van der Waals surface area (Å²) in [6, 6.07) is 8.47. The van der Waals surface area contributed by atoms with Gasteiger partial charge in [-0.25, -0.2) is 4.98 Å². The van der Waals surface area contributed by atoms with Crippen LogP contribution in [0.25, 0.3) is 10.8 Å². The van der Waals surface area contributed by atoms with Gasteiger partial charge in [0.1, 0.15) is 11.6 Å². The molecule has 0 N–H and O–H groups in total. The first kappa shape index (κ1) is 13.1. The van der Waals surface area contributed by atoms with Crippen molar-refractivity contribution in [1.82, 2.24) is 4.98 Å². The maximum absolute atomic E-state index is 5.25. The first-order chi connectivity index (χ1) is 8.67. The van der Waals surface area contributed by atoms with Crippen LogP contribution in [0, 0.1) is 0 Å². The van der Waals surface area contributed by atoms with E-state index in [0.29, 0.717) is 6.04 Å². The first-order valence-corrected chi connectivity index (χ1v) is 7.01. The summed E-state index contributed by atoms with van der Waals surface area (Å²) in [4.78, 5) is 6.68. The van der Waals surface area contributed by atoms with Crippen LogP contribution in [0.5, 0.6) is 5.75 Å². The minimum Gasteiger partial charge on any atom is -0.497 e. The number of aromatic nitrogens is 1. The molecule has 3 nitrogen and oxygen atoms in total. The normalized spacial score (nSPS) is 12.4. The van der Waals surface area contributed by atoms with Crippen LogP contribution in [0.3, 0.4) is 0 Å². The zero-order chi connectivity index (χ0) is 13.1. The zero-order valence-electron chi connectivity index (χ0n) is 10.9. The Morgan fingerprint density at radius 3 is 2.83 bits per heavy atom. The van der Waals surface area contributed by atoms with Crippen molar-refractivity contribution in [1.29, 1.82) is 0 Å². The Labute approximate surface area is 116 Å². The third-order valence-corrected chi connectivity index (χ3v) is 4.11. The summed E-state index contributed by atoms with van der Waals surface area (Å²) in [6.45, 7) is 2.17. The summed E-state index contributed by atoms with van der Waals surface area (Å²) >= 11 is 3.51. The molecule has 0 saturated carbocycles. The van der Waals surface area contributed by atoms with Crippen LogP contribution in [-0.4, -0.2) is 30.5 Å². The minimum absolute atomic E-state index is 0.394. The Morgan fingerprint density at radius 1 is 1.39 bits per heavy atom. The van der Waals surface area contributed by atoms with E-state index in [-0.39, 0.29) is 0 Å². The van der Waals surface area contributed by atoms with Gasteiger partial charge in [0.2, 0.25) is 0 Å². The fraction of sp³-hybridized carbons (Fsp3) is 0.357. The van der Waals surface area contributed by atoms with Crippen molar-refractivity contribution in [3.63, 3.8) is 0 Å². The molecule has 2 rings (SSSR count). The van der Waals surface area contributed by atoms with Crippen molar-refractivity contribution >= 4 is 32.5 Å². The van der Waals surface area contributed by atoms with Crippen molar-refractivity contribution in [2.75, 3.05) is 24.4 Å². The Morgan fingerprint density at radius 2 is 2.17 bits per heavy atom. The Kier molecular flexibility index (Phi) is 4.07. The molecule has 0 aliphatic carbocycles. The van der Waals surface area contributed by atoms with Gasteiger partial charge in [-0.1, -0.05) is 15.9 Å². The van der Waals surface area contributed by atoms with Crippen molar-refractivity contribution in [2.24, 2.45) is 0 Å². The highest BCUT2D eigenvalue weighted by Gasteiger charge is 2.13. The molecule has 0 bridgehead atoms. The second kappa shape index (κ2) is 5.57. The number of nitrogens with zero attached hydrogens (tertiary/aromatic N) is 2. The zero-order valence-corrected chi connectivity index (χ0v) is 12.4. The van der Waals surface area contributed by atoms with Gasteiger partial charge in [-0.3, -0.25) is 0 Å². The molecule has 0 aliphatic rings. The number of hydrogen-bond donors (Lipinski definition) is 0. The van der Waals surface area contributed by atoms with Gasteiger partial charge in [0.05, 0.1) is 7.11 Å². The highest BCUT2D eigenvalue weighted by atomic mass is 79.9. The lowest BCUT2D eigenvalue weighted by atomic mass is 10.1. The molecule has 0 fully saturated rings. The Hall–Kier alpha value is -1.29. The summed E-state index contributed by atoms with van der Waals surface area (Å²) in [6.07, 6.45) is 1.84. The van der Waals surface area contributed by atoms with Gasteiger partial charge in [-0.15, -0.1) is 0 Å². The number of hydrogen-bond acceptors (Lipinski definition) is 3. The molecular formula is C14H17BrN2O.